The fourth-order valence-electron chi connectivity index (χ4n) is 9.39. The molecule has 12 rings (SSSR count). The molecule has 4 nitrogen and oxygen atoms in total. The SMILES string of the molecule is [C-]#[N+]c1cc(-c2ccc(-c3ccc(-c4nc(-c5ccccc5)nc(-c5cccc6ccccc56)n4)cc3)cc2)cc(-c2ccccc2-c2cc3c4c(cccc4c2)-c2ccccc2-3)c1. The van der Waals surface area contributed by atoms with Crippen molar-refractivity contribution in [3.05, 3.63) is 230 Å². The normalized spacial score (nSPS) is 11.4. The Kier molecular flexibility index (Phi) is 8.84. The third kappa shape index (κ3) is 6.43. The van der Waals surface area contributed by atoms with Crippen LogP contribution in [0.2, 0.25) is 0 Å². The van der Waals surface area contributed by atoms with Gasteiger partial charge in [0.05, 0.1) is 6.57 Å². The van der Waals surface area contributed by atoms with E-state index in [1.807, 2.05) is 42.5 Å². The minimum absolute atomic E-state index is 0.606. The lowest BCUT2D eigenvalue weighted by Crippen LogP contribution is -2.00. The Morgan fingerprint density at radius 3 is 1.44 bits per heavy atom. The molecular formula is C60H36N4. The maximum absolute atomic E-state index is 8.08. The van der Waals surface area contributed by atoms with Gasteiger partial charge < -0.3 is 0 Å². The first-order chi connectivity index (χ1) is 31.6. The van der Waals surface area contributed by atoms with E-state index in [9.17, 15) is 0 Å². The molecule has 0 bridgehead atoms. The molecule has 0 aliphatic heterocycles. The van der Waals surface area contributed by atoms with E-state index in [4.69, 9.17) is 21.5 Å². The first kappa shape index (κ1) is 37.0. The van der Waals surface area contributed by atoms with Crippen molar-refractivity contribution in [2.75, 3.05) is 0 Å². The second-order valence-corrected chi connectivity index (χ2v) is 16.3. The van der Waals surface area contributed by atoms with E-state index in [1.165, 1.54) is 33.0 Å². The van der Waals surface area contributed by atoms with E-state index in [0.717, 1.165) is 72.0 Å². The van der Waals surface area contributed by atoms with Crippen LogP contribution < -0.4 is 0 Å². The van der Waals surface area contributed by atoms with E-state index < -0.39 is 0 Å². The van der Waals surface area contributed by atoms with Crippen LogP contribution in [0.15, 0.2) is 218 Å². The van der Waals surface area contributed by atoms with Crippen LogP contribution in [0, 0.1) is 6.57 Å². The second-order valence-electron chi connectivity index (χ2n) is 16.3. The van der Waals surface area contributed by atoms with Gasteiger partial charge in [0.2, 0.25) is 0 Å². The molecule has 0 radical (unpaired) electrons. The molecule has 4 heteroatoms. The Hall–Kier alpha value is -8.78. The van der Waals surface area contributed by atoms with Crippen molar-refractivity contribution in [3.8, 4) is 101 Å². The minimum atomic E-state index is 0.606. The average molecular weight is 813 g/mol. The Morgan fingerprint density at radius 2 is 0.750 bits per heavy atom. The number of aromatic nitrogens is 3. The van der Waals surface area contributed by atoms with Gasteiger partial charge in [-0.1, -0.05) is 188 Å². The maximum atomic E-state index is 8.08. The minimum Gasteiger partial charge on any atom is -0.238 e. The Morgan fingerprint density at radius 1 is 0.281 bits per heavy atom. The smallest absolute Gasteiger partial charge is 0.188 e. The first-order valence-electron chi connectivity index (χ1n) is 21.4. The summed E-state index contributed by atoms with van der Waals surface area (Å²) in [6, 6.07) is 76.4. The molecule has 11 aromatic rings. The summed E-state index contributed by atoms with van der Waals surface area (Å²) in [6.45, 7) is 8.08. The maximum Gasteiger partial charge on any atom is 0.188 e. The van der Waals surface area contributed by atoms with Crippen molar-refractivity contribution in [2.45, 2.75) is 0 Å². The zero-order valence-corrected chi connectivity index (χ0v) is 34.6. The lowest BCUT2D eigenvalue weighted by atomic mass is 9.89. The molecule has 0 N–H and O–H groups in total. The molecule has 296 valence electrons. The third-order valence-corrected chi connectivity index (χ3v) is 12.5. The molecule has 64 heavy (non-hydrogen) atoms. The Labute approximate surface area is 371 Å². The summed E-state index contributed by atoms with van der Waals surface area (Å²) in [5.74, 6) is 1.89. The molecule has 0 spiro atoms. The quantitative estimate of drug-likeness (QED) is 0.151. The number of benzene rings is 10. The summed E-state index contributed by atoms with van der Waals surface area (Å²) in [4.78, 5) is 19.0. The zero-order valence-electron chi connectivity index (χ0n) is 34.6. The fraction of sp³-hybridized carbons (Fsp3) is 0. The summed E-state index contributed by atoms with van der Waals surface area (Å²) in [5.41, 5.74) is 17.2. The number of rotatable bonds is 7. The van der Waals surface area contributed by atoms with Crippen LogP contribution in [-0.2, 0) is 0 Å². The van der Waals surface area contributed by atoms with Gasteiger partial charge in [-0.2, -0.15) is 0 Å². The van der Waals surface area contributed by atoms with Gasteiger partial charge in [0.15, 0.2) is 23.2 Å². The number of hydrogen-bond donors (Lipinski definition) is 0. The highest BCUT2D eigenvalue weighted by Gasteiger charge is 2.23. The Balaban J connectivity index is 0.869. The highest BCUT2D eigenvalue weighted by Crippen LogP contribution is 2.49. The van der Waals surface area contributed by atoms with Crippen molar-refractivity contribution >= 4 is 27.2 Å². The highest BCUT2D eigenvalue weighted by atomic mass is 15.0. The standard InChI is InChI=1S/C60H36N4/c1-61-48-35-45(34-46(36-48)50-19-7-8-20-51(50)47-33-44-17-12-23-54-52-21-9-10-22-53(52)56(37-47)57(44)54)40-27-25-38(26-28-40)39-29-31-43(32-30-39)59-62-58(42-14-3-2-4-15-42)63-60(64-59)55-24-11-16-41-13-5-6-18-49(41)55/h2-37H. The van der Waals surface area contributed by atoms with Crippen LogP contribution in [0.25, 0.3) is 127 Å². The average Bonchev–Trinajstić information content (AvgIpc) is 3.70. The fourth-order valence-corrected chi connectivity index (χ4v) is 9.39. The van der Waals surface area contributed by atoms with Gasteiger partial charge in [0.1, 0.15) is 0 Å². The summed E-state index contributed by atoms with van der Waals surface area (Å²) in [7, 11) is 0. The highest BCUT2D eigenvalue weighted by molar-refractivity contribution is 6.16. The number of fused-ring (bicyclic) bond motifs is 4. The van der Waals surface area contributed by atoms with Gasteiger partial charge in [-0.25, -0.2) is 19.8 Å². The molecule has 0 saturated carbocycles. The molecule has 1 heterocycles. The monoisotopic (exact) mass is 812 g/mol. The largest absolute Gasteiger partial charge is 0.238 e. The van der Waals surface area contributed by atoms with E-state index in [0.29, 0.717) is 23.2 Å². The molecular weight excluding hydrogens is 777 g/mol. The van der Waals surface area contributed by atoms with Gasteiger partial charge in [-0.05, 0) is 119 Å². The van der Waals surface area contributed by atoms with Gasteiger partial charge in [0, 0.05) is 16.7 Å². The van der Waals surface area contributed by atoms with Crippen LogP contribution in [0.1, 0.15) is 0 Å². The van der Waals surface area contributed by atoms with Crippen molar-refractivity contribution in [3.63, 3.8) is 0 Å². The van der Waals surface area contributed by atoms with E-state index in [1.54, 1.807) is 0 Å². The van der Waals surface area contributed by atoms with E-state index in [2.05, 4.69) is 181 Å². The van der Waals surface area contributed by atoms with Gasteiger partial charge in [0.25, 0.3) is 0 Å². The topological polar surface area (TPSA) is 43.0 Å². The molecule has 0 atom stereocenters. The molecule has 0 saturated heterocycles. The van der Waals surface area contributed by atoms with Gasteiger partial charge in [-0.15, -0.1) is 0 Å². The first-order valence-corrected chi connectivity index (χ1v) is 21.4. The Bertz CT molecular complexity index is 3650. The molecule has 1 aromatic heterocycles. The van der Waals surface area contributed by atoms with E-state index >= 15 is 0 Å². The van der Waals surface area contributed by atoms with Crippen molar-refractivity contribution in [1.82, 2.24) is 15.0 Å². The molecule has 0 fully saturated rings. The van der Waals surface area contributed by atoms with Crippen molar-refractivity contribution < 1.29 is 0 Å². The molecule has 1 aliphatic carbocycles. The van der Waals surface area contributed by atoms with Crippen LogP contribution >= 0.6 is 0 Å². The predicted molar refractivity (Wildman–Crippen MR) is 264 cm³/mol. The summed E-state index contributed by atoms with van der Waals surface area (Å²) in [6.07, 6.45) is 0. The number of nitrogens with zero attached hydrogens (tertiary/aromatic N) is 4. The lowest BCUT2D eigenvalue weighted by Gasteiger charge is -2.15. The van der Waals surface area contributed by atoms with Crippen LogP contribution in [0.4, 0.5) is 5.69 Å². The van der Waals surface area contributed by atoms with Crippen molar-refractivity contribution in [2.24, 2.45) is 0 Å². The van der Waals surface area contributed by atoms with Gasteiger partial charge >= 0.3 is 0 Å². The lowest BCUT2D eigenvalue weighted by molar-refractivity contribution is 1.08. The molecule has 10 aromatic carbocycles. The van der Waals surface area contributed by atoms with Gasteiger partial charge in [-0.3, -0.25) is 0 Å². The van der Waals surface area contributed by atoms with E-state index in [-0.39, 0.29) is 0 Å². The molecule has 1 aliphatic rings. The van der Waals surface area contributed by atoms with Crippen LogP contribution in [0.3, 0.4) is 0 Å². The number of hydrogen-bond acceptors (Lipinski definition) is 3. The summed E-state index contributed by atoms with van der Waals surface area (Å²) < 4.78 is 0. The zero-order chi connectivity index (χ0) is 42.6. The van der Waals surface area contributed by atoms with Crippen molar-refractivity contribution in [1.29, 1.82) is 0 Å². The molecule has 0 amide bonds. The second kappa shape index (κ2) is 15.3. The molecule has 0 unspecified atom stereocenters. The van der Waals surface area contributed by atoms with Crippen LogP contribution in [-0.4, -0.2) is 15.0 Å². The third-order valence-electron chi connectivity index (χ3n) is 12.5. The predicted octanol–water partition coefficient (Wildman–Crippen LogP) is 16.0. The van der Waals surface area contributed by atoms with Crippen LogP contribution in [0.5, 0.6) is 0 Å². The summed E-state index contributed by atoms with van der Waals surface area (Å²) in [5, 5.41) is 4.78. The summed E-state index contributed by atoms with van der Waals surface area (Å²) >= 11 is 0.